The number of rotatable bonds is 11. The number of carbonyl (C=O) groups excluding carboxylic acids is 2. The summed E-state index contributed by atoms with van der Waals surface area (Å²) in [4.78, 5) is 31.5. The second-order valence-electron chi connectivity index (χ2n) is 15.0. The minimum atomic E-state index is -2.42. The van der Waals surface area contributed by atoms with Gasteiger partial charge in [0.05, 0.1) is 46.3 Å². The number of methoxy groups -OCH3 is 1. The highest BCUT2D eigenvalue weighted by atomic mass is 28.3. The van der Waals surface area contributed by atoms with Gasteiger partial charge in [0.1, 0.15) is 24.2 Å². The molecule has 2 amide bonds. The van der Waals surface area contributed by atoms with Gasteiger partial charge >= 0.3 is 6.09 Å². The van der Waals surface area contributed by atoms with E-state index in [0.29, 0.717) is 44.0 Å². The Morgan fingerprint density at radius 1 is 0.981 bits per heavy atom. The zero-order valence-electron chi connectivity index (χ0n) is 31.0. The van der Waals surface area contributed by atoms with Crippen LogP contribution in [0.4, 0.5) is 16.2 Å². The Labute approximate surface area is 316 Å². The molecule has 1 N–H and O–H groups in total. The molecule has 1 spiro atoms. The zero-order valence-corrected chi connectivity index (χ0v) is 32.0. The van der Waals surface area contributed by atoms with Crippen LogP contribution in [0.25, 0.3) is 0 Å². The van der Waals surface area contributed by atoms with Crippen LogP contribution in [0.15, 0.2) is 109 Å². The number of hydrogen-bond acceptors (Lipinski definition) is 8. The van der Waals surface area contributed by atoms with Crippen molar-refractivity contribution in [2.75, 3.05) is 30.1 Å². The molecule has 1 aromatic heterocycles. The maximum absolute atomic E-state index is 15.3. The first-order valence-electron chi connectivity index (χ1n) is 18.5. The Kier molecular flexibility index (Phi) is 9.37. The van der Waals surface area contributed by atoms with Crippen LogP contribution in [0.2, 0.25) is 18.6 Å². The third-order valence-electron chi connectivity index (χ3n) is 11.7. The lowest BCUT2D eigenvalue weighted by Crippen LogP contribution is -2.51. The quantitative estimate of drug-likeness (QED) is 0.160. The average molecular weight is 744 g/mol. The number of carbonyl (C=O) groups is 2. The van der Waals surface area contributed by atoms with Crippen molar-refractivity contribution in [3.63, 3.8) is 0 Å². The van der Waals surface area contributed by atoms with Gasteiger partial charge in [-0.2, -0.15) is 0 Å². The molecule has 5 aromatic rings. The molecule has 278 valence electrons. The molecule has 54 heavy (non-hydrogen) atoms. The number of aromatic nitrogens is 3. The monoisotopic (exact) mass is 743 g/mol. The molecule has 8 rings (SSSR count). The van der Waals surface area contributed by atoms with Gasteiger partial charge in [-0.25, -0.2) is 4.79 Å². The summed E-state index contributed by atoms with van der Waals surface area (Å²) >= 11 is 0. The third kappa shape index (κ3) is 6.07. The van der Waals surface area contributed by atoms with Crippen LogP contribution in [-0.2, 0) is 33.0 Å². The van der Waals surface area contributed by atoms with Crippen molar-refractivity contribution in [3.05, 3.63) is 132 Å². The van der Waals surface area contributed by atoms with E-state index in [1.807, 2.05) is 95.9 Å². The molecule has 0 unspecified atom stereocenters. The molecule has 5 atom stereocenters. The minimum Gasteiger partial charge on any atom is -0.497 e. The van der Waals surface area contributed by atoms with Crippen molar-refractivity contribution in [2.45, 2.75) is 62.9 Å². The lowest BCUT2D eigenvalue weighted by Gasteiger charge is -2.37. The first kappa shape index (κ1) is 35.7. The Morgan fingerprint density at radius 2 is 1.70 bits per heavy atom. The predicted molar refractivity (Wildman–Crippen MR) is 207 cm³/mol. The Balaban J connectivity index is 1.19. The average Bonchev–Trinajstić information content (AvgIpc) is 3.97. The first-order chi connectivity index (χ1) is 26.1. The molecule has 0 bridgehead atoms. The number of benzene rings is 4. The van der Waals surface area contributed by atoms with Gasteiger partial charge in [-0.05, 0) is 53.4 Å². The number of fused-ring (bicyclic) bond motifs is 2. The number of anilines is 2. The highest BCUT2D eigenvalue weighted by Gasteiger charge is 2.66. The second kappa shape index (κ2) is 14.2. The van der Waals surface area contributed by atoms with Crippen LogP contribution in [0.1, 0.15) is 41.8 Å². The molecule has 3 aliphatic rings. The number of cyclic esters (lactones) is 1. The fraction of sp³-hybridized carbons (Fsp3) is 0.333. The van der Waals surface area contributed by atoms with Crippen molar-refractivity contribution >= 4 is 36.6 Å². The number of hydrogen-bond donors (Lipinski definition) is 1. The summed E-state index contributed by atoms with van der Waals surface area (Å²) in [5.74, 6) is 0.456. The number of aliphatic hydroxyl groups excluding tert-OH is 1. The number of aryl methyl sites for hydroxylation is 1. The lowest BCUT2D eigenvalue weighted by molar-refractivity contribution is -0.146. The largest absolute Gasteiger partial charge is 0.497 e. The molecular weight excluding hydrogens is 699 g/mol. The van der Waals surface area contributed by atoms with Crippen molar-refractivity contribution in [3.8, 4) is 5.75 Å². The fourth-order valence-electron chi connectivity index (χ4n) is 8.90. The Bertz CT molecular complexity index is 2150. The molecule has 11 nitrogen and oxygen atoms in total. The van der Waals surface area contributed by atoms with Crippen molar-refractivity contribution in [1.82, 2.24) is 15.0 Å². The maximum Gasteiger partial charge on any atom is 0.414 e. The van der Waals surface area contributed by atoms with Crippen LogP contribution in [-0.4, -0.2) is 66.5 Å². The molecule has 4 aromatic carbocycles. The highest BCUT2D eigenvalue weighted by Crippen LogP contribution is 2.60. The molecular formula is C42H45N5O6Si. The molecule has 0 aliphatic carbocycles. The number of amides is 2. The lowest BCUT2D eigenvalue weighted by atomic mass is 9.82. The van der Waals surface area contributed by atoms with E-state index in [4.69, 9.17) is 14.2 Å². The van der Waals surface area contributed by atoms with E-state index in [2.05, 4.69) is 42.5 Å². The molecule has 2 fully saturated rings. The summed E-state index contributed by atoms with van der Waals surface area (Å²) in [7, 11) is -0.749. The minimum absolute atomic E-state index is 0.00215. The Morgan fingerprint density at radius 3 is 2.39 bits per heavy atom. The number of ether oxygens (including phenoxy) is 3. The van der Waals surface area contributed by atoms with Crippen LogP contribution >= 0.6 is 0 Å². The molecule has 0 radical (unpaired) electrons. The molecule has 2 saturated heterocycles. The van der Waals surface area contributed by atoms with E-state index in [1.165, 1.54) is 5.19 Å². The number of nitrogens with zero attached hydrogens (tertiary/aromatic N) is 5. The summed E-state index contributed by atoms with van der Waals surface area (Å²) in [5, 5.41) is 21.0. The predicted octanol–water partition coefficient (Wildman–Crippen LogP) is 6.18. The first-order valence-corrected chi connectivity index (χ1v) is 21.6. The van der Waals surface area contributed by atoms with Gasteiger partial charge in [0.15, 0.2) is 5.60 Å². The summed E-state index contributed by atoms with van der Waals surface area (Å²) in [6.07, 6.45) is 0.719. The van der Waals surface area contributed by atoms with E-state index in [9.17, 15) is 9.90 Å². The van der Waals surface area contributed by atoms with Gasteiger partial charge in [-0.1, -0.05) is 103 Å². The van der Waals surface area contributed by atoms with E-state index >= 15 is 4.79 Å². The van der Waals surface area contributed by atoms with E-state index in [-0.39, 0.29) is 23.5 Å². The second-order valence-corrected chi connectivity index (χ2v) is 19.7. The number of aliphatic hydroxyl groups is 1. The highest BCUT2D eigenvalue weighted by molar-refractivity contribution is 6.91. The van der Waals surface area contributed by atoms with Gasteiger partial charge in [0.2, 0.25) is 0 Å². The fourth-order valence-corrected chi connectivity index (χ4v) is 13.0. The van der Waals surface area contributed by atoms with E-state index in [0.717, 1.165) is 28.1 Å². The summed E-state index contributed by atoms with van der Waals surface area (Å²) < 4.78 is 19.9. The molecule has 3 aliphatic heterocycles. The van der Waals surface area contributed by atoms with Gasteiger partial charge in [0.25, 0.3) is 5.91 Å². The van der Waals surface area contributed by atoms with Gasteiger partial charge in [-0.15, -0.1) is 5.10 Å². The van der Waals surface area contributed by atoms with Crippen LogP contribution in [0, 0.1) is 5.92 Å². The van der Waals surface area contributed by atoms with Crippen LogP contribution < -0.4 is 19.7 Å². The van der Waals surface area contributed by atoms with Gasteiger partial charge in [-0.3, -0.25) is 14.4 Å². The molecule has 12 heteroatoms. The zero-order chi connectivity index (χ0) is 37.6. The van der Waals surface area contributed by atoms with Crippen molar-refractivity contribution in [1.29, 1.82) is 0 Å². The maximum atomic E-state index is 15.3. The van der Waals surface area contributed by atoms with E-state index in [1.54, 1.807) is 22.9 Å². The topological polar surface area (TPSA) is 119 Å². The van der Waals surface area contributed by atoms with E-state index < -0.39 is 25.9 Å². The van der Waals surface area contributed by atoms with Crippen LogP contribution in [0.5, 0.6) is 5.75 Å². The van der Waals surface area contributed by atoms with Crippen LogP contribution in [0.3, 0.4) is 0 Å². The normalized spacial score (nSPS) is 22.9. The summed E-state index contributed by atoms with van der Waals surface area (Å²) in [6, 6.07) is 33.5. The summed E-state index contributed by atoms with van der Waals surface area (Å²) in [5.41, 5.74) is 3.15. The standard InChI is InChI=1S/C42H45N5O6Si/c1-28-39(54(3,4)33-18-16-32(51-2)17-19-33)37(21-22-45-27-35(43-44-45)38(48)30-13-9-6-10-14-30)53-42(28)34-25-31(46-23-24-52-41(46)50)15-20-36(34)47(40(42)49)26-29-11-7-5-8-12-29/h5-20,25,27-28,37-39,48H,21-24,26H2,1-4H3/t28-,37+,38+,39-,42+/m0/s1. The van der Waals surface area contributed by atoms with Crippen molar-refractivity contribution in [2.24, 2.45) is 5.92 Å². The smallest absolute Gasteiger partial charge is 0.414 e. The summed E-state index contributed by atoms with van der Waals surface area (Å²) in [6.45, 7) is 8.48. The Hall–Kier alpha value is -5.30. The van der Waals surface area contributed by atoms with Crippen molar-refractivity contribution < 1.29 is 28.9 Å². The molecule has 0 saturated carbocycles. The van der Waals surface area contributed by atoms with Gasteiger partial charge < -0.3 is 24.2 Å². The molecule has 4 heterocycles. The van der Waals surface area contributed by atoms with Gasteiger partial charge in [0, 0.05) is 23.7 Å². The third-order valence-corrected chi connectivity index (χ3v) is 16.0. The SMILES string of the molecule is COc1ccc([Si](C)(C)[C@@H]2[C@@H](CCn3cc([C@H](O)c4ccccc4)nn3)O[C@]3(C(=O)N(Cc4ccccc4)c4ccc(N5CCOC5=O)cc43)[C@H]2C)cc1.